The number of nitrogens with zero attached hydrogens (tertiary/aromatic N) is 1. The zero-order chi connectivity index (χ0) is 7.82. The van der Waals surface area contributed by atoms with Crippen LogP contribution in [0, 0.1) is 0 Å². The minimum atomic E-state index is -0.659. The van der Waals surface area contributed by atoms with Gasteiger partial charge in [0.15, 0.2) is 0 Å². The molecule has 0 spiro atoms. The minimum absolute atomic E-state index is 0.659. The van der Waals surface area contributed by atoms with E-state index in [1.807, 2.05) is 0 Å². The van der Waals surface area contributed by atoms with Crippen molar-refractivity contribution in [3.8, 4) is 0 Å². The molecule has 0 aliphatic carbocycles. The third-order valence-corrected chi connectivity index (χ3v) is 2.01. The molecule has 58 valence electrons. The number of thiocarbonyl (C=S) groups is 1. The summed E-state index contributed by atoms with van der Waals surface area (Å²) in [5, 5.41) is 2.29. The topological polar surface area (TPSA) is 29.4 Å². The molecule has 0 fully saturated rings. The molecule has 0 saturated carbocycles. The van der Waals surface area contributed by atoms with Gasteiger partial charge >= 0.3 is 0 Å². The Morgan fingerprint density at radius 2 is 2.30 bits per heavy atom. The van der Waals surface area contributed by atoms with Gasteiger partial charge in [-0.25, -0.2) is 4.99 Å². The standard InChI is InChI=1S/C6H11NOS2/c1-10(8)5-3-2-4-7-6-9/h2-5H2,1H3/i1+2. The van der Waals surface area contributed by atoms with Gasteiger partial charge in [-0.3, -0.25) is 4.21 Å². The van der Waals surface area contributed by atoms with Crippen LogP contribution in [0.25, 0.3) is 0 Å². The average molecular weight is 179 g/mol. The number of rotatable bonds is 5. The second-order valence-electron chi connectivity index (χ2n) is 1.96. The SMILES string of the molecule is [14CH3]S(=O)CCCCN=C=S. The lowest BCUT2D eigenvalue weighted by molar-refractivity contribution is 0.682. The second-order valence-corrected chi connectivity index (χ2v) is 3.69. The van der Waals surface area contributed by atoms with Crippen LogP contribution in [0.5, 0.6) is 0 Å². The van der Waals surface area contributed by atoms with E-state index in [1.54, 1.807) is 6.26 Å². The van der Waals surface area contributed by atoms with Crippen molar-refractivity contribution in [3.05, 3.63) is 0 Å². The van der Waals surface area contributed by atoms with Crippen LogP contribution in [0.3, 0.4) is 0 Å². The summed E-state index contributed by atoms with van der Waals surface area (Å²) >= 11 is 4.38. The first kappa shape index (κ1) is 9.95. The van der Waals surface area contributed by atoms with Crippen molar-refractivity contribution in [1.29, 1.82) is 0 Å². The van der Waals surface area contributed by atoms with Crippen LogP contribution in [0.15, 0.2) is 4.99 Å². The Kier molecular flexibility index (Phi) is 7.03. The summed E-state index contributed by atoms with van der Waals surface area (Å²) in [6.45, 7) is 0.723. The van der Waals surface area contributed by atoms with E-state index in [9.17, 15) is 4.21 Å². The van der Waals surface area contributed by atoms with Gasteiger partial charge in [0.05, 0.1) is 5.16 Å². The first-order valence-corrected chi connectivity index (χ1v) is 5.24. The Morgan fingerprint density at radius 1 is 1.60 bits per heavy atom. The van der Waals surface area contributed by atoms with Gasteiger partial charge in [-0.15, -0.1) is 0 Å². The fourth-order valence-corrected chi connectivity index (χ4v) is 1.24. The maximum Gasteiger partial charge on any atom is 0.0584 e. The lowest BCUT2D eigenvalue weighted by Crippen LogP contribution is -1.94. The number of unbranched alkanes of at least 4 members (excludes halogenated alkanes) is 1. The third-order valence-electron chi connectivity index (χ3n) is 1.02. The Labute approximate surface area is 69.2 Å². The fraction of sp³-hybridized carbons (Fsp3) is 0.833. The minimum Gasteiger partial charge on any atom is -0.260 e. The van der Waals surface area contributed by atoms with Gasteiger partial charge in [-0.05, 0) is 25.1 Å². The van der Waals surface area contributed by atoms with Crippen molar-refractivity contribution in [2.24, 2.45) is 4.99 Å². The summed E-state index contributed by atoms with van der Waals surface area (Å²) in [7, 11) is -0.659. The van der Waals surface area contributed by atoms with Gasteiger partial charge in [-0.1, -0.05) is 0 Å². The Bertz CT molecular complexity index is 148. The van der Waals surface area contributed by atoms with Gasteiger partial charge in [0.25, 0.3) is 0 Å². The van der Waals surface area contributed by atoms with Crippen LogP contribution < -0.4 is 0 Å². The maximum absolute atomic E-state index is 10.5. The van der Waals surface area contributed by atoms with Crippen LogP contribution in [0.2, 0.25) is 0 Å². The molecule has 4 heteroatoms. The van der Waals surface area contributed by atoms with Gasteiger partial charge in [0.2, 0.25) is 0 Å². The molecular weight excluding hydrogens is 168 g/mol. The summed E-state index contributed by atoms with van der Waals surface area (Å²) in [4.78, 5) is 3.73. The zero-order valence-electron chi connectivity index (χ0n) is 6.00. The Hall–Kier alpha value is -0.0500. The molecule has 0 bridgehead atoms. The molecule has 0 aromatic heterocycles. The molecule has 0 aromatic carbocycles. The molecule has 0 aromatic rings. The van der Waals surface area contributed by atoms with Crippen LogP contribution in [-0.4, -0.2) is 27.9 Å². The lowest BCUT2D eigenvalue weighted by Gasteiger charge is -1.92. The normalized spacial score (nSPS) is 12.1. The predicted molar refractivity (Wildman–Crippen MR) is 48.1 cm³/mol. The van der Waals surface area contributed by atoms with E-state index in [4.69, 9.17) is 0 Å². The summed E-state index contributed by atoms with van der Waals surface area (Å²) in [6, 6.07) is 0. The quantitative estimate of drug-likeness (QED) is 0.361. The average Bonchev–Trinajstić information content (AvgIpc) is 1.87. The molecule has 0 saturated heterocycles. The maximum atomic E-state index is 10.5. The number of hydrogen-bond donors (Lipinski definition) is 0. The molecule has 1 atom stereocenters. The highest BCUT2D eigenvalue weighted by molar-refractivity contribution is 7.84. The smallest absolute Gasteiger partial charge is 0.0584 e. The highest BCUT2D eigenvalue weighted by Crippen LogP contribution is 1.90. The zero-order valence-corrected chi connectivity index (χ0v) is 7.63. The second kappa shape index (κ2) is 7.06. The molecule has 0 aliphatic heterocycles. The van der Waals surface area contributed by atoms with E-state index in [1.165, 1.54) is 0 Å². The van der Waals surface area contributed by atoms with E-state index in [2.05, 4.69) is 22.4 Å². The van der Waals surface area contributed by atoms with Crippen LogP contribution in [-0.2, 0) is 10.8 Å². The molecule has 0 heterocycles. The van der Waals surface area contributed by atoms with E-state index in [-0.39, 0.29) is 0 Å². The van der Waals surface area contributed by atoms with Crippen molar-refractivity contribution < 1.29 is 4.21 Å². The van der Waals surface area contributed by atoms with Crippen molar-refractivity contribution in [2.75, 3.05) is 18.6 Å². The number of isothiocyanates is 1. The summed E-state index contributed by atoms with van der Waals surface area (Å²) in [5.41, 5.74) is 0. The van der Waals surface area contributed by atoms with Crippen molar-refractivity contribution in [1.82, 2.24) is 0 Å². The fourth-order valence-electron chi connectivity index (χ4n) is 0.542. The molecule has 10 heavy (non-hydrogen) atoms. The molecule has 0 radical (unpaired) electrons. The van der Waals surface area contributed by atoms with E-state index in [0.29, 0.717) is 0 Å². The van der Waals surface area contributed by atoms with Crippen LogP contribution in [0.1, 0.15) is 12.8 Å². The van der Waals surface area contributed by atoms with E-state index >= 15 is 0 Å². The van der Waals surface area contributed by atoms with Crippen molar-refractivity contribution >= 4 is 28.2 Å². The van der Waals surface area contributed by atoms with Gasteiger partial charge in [0.1, 0.15) is 0 Å². The summed E-state index contributed by atoms with van der Waals surface area (Å²) in [5.74, 6) is 0.771. The molecule has 1 unspecified atom stereocenters. The van der Waals surface area contributed by atoms with E-state index < -0.39 is 10.8 Å². The van der Waals surface area contributed by atoms with E-state index in [0.717, 1.165) is 25.1 Å². The first-order chi connectivity index (χ1) is 4.77. The lowest BCUT2D eigenvalue weighted by atomic mass is 10.3. The van der Waals surface area contributed by atoms with Crippen LogP contribution in [0.4, 0.5) is 0 Å². The molecule has 0 rings (SSSR count). The van der Waals surface area contributed by atoms with Gasteiger partial charge in [-0.2, -0.15) is 0 Å². The summed E-state index contributed by atoms with van der Waals surface area (Å²) in [6.07, 6.45) is 3.63. The summed E-state index contributed by atoms with van der Waals surface area (Å²) < 4.78 is 10.5. The molecule has 0 aliphatic rings. The molecule has 2 nitrogen and oxygen atoms in total. The van der Waals surface area contributed by atoms with Crippen molar-refractivity contribution in [2.45, 2.75) is 12.8 Å². The number of aliphatic imine (C=N–C) groups is 1. The largest absolute Gasteiger partial charge is 0.260 e. The van der Waals surface area contributed by atoms with Gasteiger partial charge < -0.3 is 0 Å². The van der Waals surface area contributed by atoms with Crippen molar-refractivity contribution in [3.63, 3.8) is 0 Å². The van der Waals surface area contributed by atoms with Crippen LogP contribution >= 0.6 is 12.2 Å². The Balaban J connectivity index is 3.05. The molecular formula is C6H11NOS2. The monoisotopic (exact) mass is 179 g/mol. The highest BCUT2D eigenvalue weighted by Gasteiger charge is 1.89. The highest BCUT2D eigenvalue weighted by atomic mass is 32.2. The third kappa shape index (κ3) is 7.95. The first-order valence-electron chi connectivity index (χ1n) is 3.11. The Morgan fingerprint density at radius 3 is 2.80 bits per heavy atom. The predicted octanol–water partition coefficient (Wildman–Crippen LogP) is 1.25. The molecule has 0 N–H and O–H groups in total. The number of hydrogen-bond acceptors (Lipinski definition) is 3. The molecule has 0 amide bonds. The van der Waals surface area contributed by atoms with Gasteiger partial charge in [0, 0.05) is 29.4 Å².